The summed E-state index contributed by atoms with van der Waals surface area (Å²) < 4.78 is 0. The van der Waals surface area contributed by atoms with E-state index in [1.807, 2.05) is 0 Å². The molecular formula is C16H18N2O2. The van der Waals surface area contributed by atoms with Crippen LogP contribution in [0.2, 0.25) is 0 Å². The van der Waals surface area contributed by atoms with Gasteiger partial charge in [0.15, 0.2) is 0 Å². The molecule has 0 aliphatic rings. The number of aryl methyl sites for hydroxylation is 2. The van der Waals surface area contributed by atoms with Gasteiger partial charge in [0.25, 0.3) is 0 Å². The molecule has 0 saturated carbocycles. The first kappa shape index (κ1) is 14.1. The number of hydrogen-bond donors (Lipinski definition) is 2. The minimum absolute atomic E-state index is 0.245. The summed E-state index contributed by atoms with van der Waals surface area (Å²) in [6.45, 7) is 4.55. The van der Waals surface area contributed by atoms with Crippen LogP contribution in [0, 0.1) is 13.8 Å². The largest absolute Gasteiger partial charge is 0.478 e. The van der Waals surface area contributed by atoms with Gasteiger partial charge in [-0.25, -0.2) is 9.78 Å². The molecule has 0 radical (unpaired) electrons. The van der Waals surface area contributed by atoms with Crippen molar-refractivity contribution in [2.24, 2.45) is 0 Å². The van der Waals surface area contributed by atoms with Crippen LogP contribution < -0.4 is 5.32 Å². The van der Waals surface area contributed by atoms with Crippen molar-refractivity contribution < 1.29 is 9.90 Å². The summed E-state index contributed by atoms with van der Waals surface area (Å²) in [6.07, 6.45) is 0.906. The first-order chi connectivity index (χ1) is 9.56. The summed E-state index contributed by atoms with van der Waals surface area (Å²) in [5, 5.41) is 12.2. The number of aromatic nitrogens is 1. The van der Waals surface area contributed by atoms with E-state index in [1.165, 1.54) is 11.1 Å². The lowest BCUT2D eigenvalue weighted by Gasteiger charge is -2.08. The molecule has 104 valence electrons. The van der Waals surface area contributed by atoms with Gasteiger partial charge in [-0.3, -0.25) is 0 Å². The van der Waals surface area contributed by atoms with E-state index in [2.05, 4.69) is 41.5 Å². The second-order valence-electron chi connectivity index (χ2n) is 4.80. The van der Waals surface area contributed by atoms with Crippen LogP contribution in [0.15, 0.2) is 36.4 Å². The van der Waals surface area contributed by atoms with Gasteiger partial charge in [0, 0.05) is 6.54 Å². The lowest BCUT2D eigenvalue weighted by Crippen LogP contribution is -2.09. The van der Waals surface area contributed by atoms with Gasteiger partial charge in [-0.15, -0.1) is 0 Å². The van der Waals surface area contributed by atoms with Crippen LogP contribution in [0.4, 0.5) is 5.82 Å². The van der Waals surface area contributed by atoms with E-state index in [9.17, 15) is 4.79 Å². The maximum atomic E-state index is 10.9. The Morgan fingerprint density at radius 2 is 2.05 bits per heavy atom. The van der Waals surface area contributed by atoms with E-state index in [1.54, 1.807) is 19.1 Å². The molecule has 4 heteroatoms. The van der Waals surface area contributed by atoms with Crippen molar-refractivity contribution in [3.8, 4) is 0 Å². The second kappa shape index (κ2) is 6.19. The van der Waals surface area contributed by atoms with E-state index in [4.69, 9.17) is 5.11 Å². The van der Waals surface area contributed by atoms with Crippen molar-refractivity contribution >= 4 is 11.8 Å². The van der Waals surface area contributed by atoms with Crippen molar-refractivity contribution in [1.82, 2.24) is 4.98 Å². The molecule has 1 aromatic heterocycles. The molecule has 2 rings (SSSR count). The fraction of sp³-hybridized carbons (Fsp3) is 0.250. The van der Waals surface area contributed by atoms with Crippen molar-refractivity contribution in [3.63, 3.8) is 0 Å². The van der Waals surface area contributed by atoms with Gasteiger partial charge in [0.1, 0.15) is 5.82 Å². The minimum atomic E-state index is -0.943. The number of aromatic carboxylic acids is 1. The Kier molecular flexibility index (Phi) is 4.35. The summed E-state index contributed by atoms with van der Waals surface area (Å²) in [5.41, 5.74) is 3.30. The highest BCUT2D eigenvalue weighted by molar-refractivity contribution is 5.89. The number of benzene rings is 1. The standard InChI is InChI=1S/C16H18N2O2/c1-11-4-3-5-13(10-11)8-9-17-15-7-6-14(16(19)20)12(2)18-15/h3-7,10H,8-9H2,1-2H3,(H,17,18)(H,19,20). The molecule has 0 amide bonds. The molecule has 0 unspecified atom stereocenters. The average Bonchev–Trinajstić information content (AvgIpc) is 2.38. The maximum Gasteiger partial charge on any atom is 0.337 e. The van der Waals surface area contributed by atoms with E-state index >= 15 is 0 Å². The van der Waals surface area contributed by atoms with E-state index in [0.29, 0.717) is 11.5 Å². The lowest BCUT2D eigenvalue weighted by molar-refractivity contribution is 0.0695. The molecule has 1 aromatic carbocycles. The molecule has 0 fully saturated rings. The second-order valence-corrected chi connectivity index (χ2v) is 4.80. The summed E-state index contributed by atoms with van der Waals surface area (Å²) in [6, 6.07) is 11.7. The third-order valence-corrected chi connectivity index (χ3v) is 3.12. The van der Waals surface area contributed by atoms with Crippen LogP contribution in [0.3, 0.4) is 0 Å². The molecule has 0 aliphatic carbocycles. The first-order valence-electron chi connectivity index (χ1n) is 6.56. The molecule has 0 atom stereocenters. The molecule has 2 N–H and O–H groups in total. The van der Waals surface area contributed by atoms with E-state index in [-0.39, 0.29) is 5.56 Å². The summed E-state index contributed by atoms with van der Waals surface area (Å²) in [7, 11) is 0. The number of pyridine rings is 1. The van der Waals surface area contributed by atoms with Gasteiger partial charge in [-0.05, 0) is 38.0 Å². The molecule has 4 nitrogen and oxygen atoms in total. The third-order valence-electron chi connectivity index (χ3n) is 3.12. The number of carbonyl (C=O) groups is 1. The smallest absolute Gasteiger partial charge is 0.337 e. The highest BCUT2D eigenvalue weighted by Gasteiger charge is 2.08. The van der Waals surface area contributed by atoms with E-state index in [0.717, 1.165) is 13.0 Å². The Morgan fingerprint density at radius 1 is 1.25 bits per heavy atom. The van der Waals surface area contributed by atoms with Gasteiger partial charge < -0.3 is 10.4 Å². The normalized spacial score (nSPS) is 10.3. The molecule has 0 bridgehead atoms. The van der Waals surface area contributed by atoms with Crippen molar-refractivity contribution in [3.05, 3.63) is 58.8 Å². The third kappa shape index (κ3) is 3.57. The molecule has 0 saturated heterocycles. The zero-order chi connectivity index (χ0) is 14.5. The zero-order valence-electron chi connectivity index (χ0n) is 11.7. The predicted molar refractivity (Wildman–Crippen MR) is 79.3 cm³/mol. The Balaban J connectivity index is 1.94. The van der Waals surface area contributed by atoms with Gasteiger partial charge in [-0.2, -0.15) is 0 Å². The highest BCUT2D eigenvalue weighted by atomic mass is 16.4. The summed E-state index contributed by atoms with van der Waals surface area (Å²) in [5.74, 6) is -0.235. The van der Waals surface area contributed by atoms with Gasteiger partial charge in [0.05, 0.1) is 11.3 Å². The molecule has 2 aromatic rings. The number of nitrogens with zero attached hydrogens (tertiary/aromatic N) is 1. The van der Waals surface area contributed by atoms with Crippen molar-refractivity contribution in [2.75, 3.05) is 11.9 Å². The zero-order valence-corrected chi connectivity index (χ0v) is 11.7. The number of rotatable bonds is 5. The topological polar surface area (TPSA) is 62.2 Å². The number of nitrogens with one attached hydrogen (secondary N) is 1. The predicted octanol–water partition coefficient (Wildman–Crippen LogP) is 3.05. The van der Waals surface area contributed by atoms with Crippen LogP contribution in [-0.2, 0) is 6.42 Å². The molecule has 0 spiro atoms. The highest BCUT2D eigenvalue weighted by Crippen LogP contribution is 2.11. The summed E-state index contributed by atoms with van der Waals surface area (Å²) >= 11 is 0. The molecule has 20 heavy (non-hydrogen) atoms. The van der Waals surface area contributed by atoms with Crippen LogP contribution in [0.5, 0.6) is 0 Å². The van der Waals surface area contributed by atoms with Crippen LogP contribution >= 0.6 is 0 Å². The average molecular weight is 270 g/mol. The summed E-state index contributed by atoms with van der Waals surface area (Å²) in [4.78, 5) is 15.2. The van der Waals surface area contributed by atoms with Crippen molar-refractivity contribution in [1.29, 1.82) is 0 Å². The maximum absolute atomic E-state index is 10.9. The SMILES string of the molecule is Cc1cccc(CCNc2ccc(C(=O)O)c(C)n2)c1. The number of hydrogen-bond acceptors (Lipinski definition) is 3. The Hall–Kier alpha value is -2.36. The lowest BCUT2D eigenvalue weighted by atomic mass is 10.1. The molecular weight excluding hydrogens is 252 g/mol. The van der Waals surface area contributed by atoms with E-state index < -0.39 is 5.97 Å². The quantitative estimate of drug-likeness (QED) is 0.876. The Morgan fingerprint density at radius 3 is 2.70 bits per heavy atom. The van der Waals surface area contributed by atoms with Gasteiger partial charge in [0.2, 0.25) is 0 Å². The first-order valence-corrected chi connectivity index (χ1v) is 6.56. The Bertz CT molecular complexity index is 624. The molecule has 1 heterocycles. The van der Waals surface area contributed by atoms with Gasteiger partial charge in [-0.1, -0.05) is 29.8 Å². The fourth-order valence-corrected chi connectivity index (χ4v) is 2.09. The Labute approximate surface area is 118 Å². The van der Waals surface area contributed by atoms with Crippen LogP contribution in [0.25, 0.3) is 0 Å². The fourth-order valence-electron chi connectivity index (χ4n) is 2.09. The van der Waals surface area contributed by atoms with Crippen LogP contribution in [0.1, 0.15) is 27.2 Å². The minimum Gasteiger partial charge on any atom is -0.478 e. The number of anilines is 1. The number of carboxylic acid groups (broad SMARTS) is 1. The number of carboxylic acids is 1. The monoisotopic (exact) mass is 270 g/mol. The molecule has 0 aliphatic heterocycles. The van der Waals surface area contributed by atoms with Gasteiger partial charge >= 0.3 is 5.97 Å². The van der Waals surface area contributed by atoms with Crippen LogP contribution in [-0.4, -0.2) is 22.6 Å². The van der Waals surface area contributed by atoms with Crippen molar-refractivity contribution in [2.45, 2.75) is 20.3 Å².